The molecule has 0 fully saturated rings. The van der Waals surface area contributed by atoms with Gasteiger partial charge in [-0.3, -0.25) is 0 Å². The van der Waals surface area contributed by atoms with Crippen LogP contribution in [0.5, 0.6) is 5.75 Å². The van der Waals surface area contributed by atoms with Crippen LogP contribution >= 0.6 is 0 Å². The van der Waals surface area contributed by atoms with Gasteiger partial charge in [0.2, 0.25) is 0 Å². The summed E-state index contributed by atoms with van der Waals surface area (Å²) in [6, 6.07) is 28.7. The lowest BCUT2D eigenvalue weighted by Gasteiger charge is -2.07. The van der Waals surface area contributed by atoms with Crippen molar-refractivity contribution in [2.24, 2.45) is 4.99 Å². The average molecular weight is 405 g/mol. The normalized spacial score (nSPS) is 11.8. The highest BCUT2D eigenvalue weighted by molar-refractivity contribution is 6.07. The van der Waals surface area contributed by atoms with E-state index in [4.69, 9.17) is 4.42 Å². The number of nitrogens with zero attached hydrogens (tertiary/aromatic N) is 1. The molecule has 150 valence electrons. The van der Waals surface area contributed by atoms with E-state index in [0.29, 0.717) is 22.5 Å². The summed E-state index contributed by atoms with van der Waals surface area (Å²) < 4.78 is 5.69. The molecule has 1 N–H and O–H groups in total. The Hall–Kier alpha value is -4.18. The summed E-state index contributed by atoms with van der Waals surface area (Å²) in [4.78, 5) is 17.3. The molecule has 0 saturated carbocycles. The maximum atomic E-state index is 12.8. The summed E-state index contributed by atoms with van der Waals surface area (Å²) in [7, 11) is 0. The van der Waals surface area contributed by atoms with Gasteiger partial charge >= 0.3 is 5.63 Å². The first-order chi connectivity index (χ1) is 15.1. The van der Waals surface area contributed by atoms with Crippen LogP contribution < -0.4 is 5.63 Å². The second kappa shape index (κ2) is 7.58. The number of phenols is 1. The zero-order valence-corrected chi connectivity index (χ0v) is 16.9. The largest absolute Gasteiger partial charge is 0.506 e. The lowest BCUT2D eigenvalue weighted by Crippen LogP contribution is -2.12. The molecule has 5 rings (SSSR count). The van der Waals surface area contributed by atoms with Gasteiger partial charge in [0.25, 0.3) is 0 Å². The van der Waals surface area contributed by atoms with E-state index in [9.17, 15) is 9.90 Å². The lowest BCUT2D eigenvalue weighted by molar-refractivity contribution is 0.477. The number of aliphatic imine (C=N–C) groups is 1. The maximum absolute atomic E-state index is 12.8. The summed E-state index contributed by atoms with van der Waals surface area (Å²) in [6.07, 6.45) is 0. The molecular weight excluding hydrogens is 386 g/mol. The van der Waals surface area contributed by atoms with Gasteiger partial charge in [-0.15, -0.1) is 0 Å². The van der Waals surface area contributed by atoms with Crippen molar-refractivity contribution in [3.05, 3.63) is 107 Å². The molecular formula is C27H19NO3. The van der Waals surface area contributed by atoms with Crippen LogP contribution in [0.2, 0.25) is 0 Å². The fourth-order valence-electron chi connectivity index (χ4n) is 3.77. The van der Waals surface area contributed by atoms with Crippen molar-refractivity contribution >= 4 is 33.1 Å². The summed E-state index contributed by atoms with van der Waals surface area (Å²) in [5.41, 5.74) is 3.31. The van der Waals surface area contributed by atoms with E-state index in [-0.39, 0.29) is 5.75 Å². The fraction of sp³-hybridized carbons (Fsp3) is 0.0370. The number of hydrogen-bond acceptors (Lipinski definition) is 4. The molecule has 4 heteroatoms. The minimum atomic E-state index is -0.455. The standard InChI is InChI=1S/C27H19NO3/c1-17(28-24-16-20(13-14-25(24)29)18-7-3-2-4-8-18)23-15-21-12-11-19-9-5-6-10-22(19)26(21)31-27(23)30/h2-16,29H,1H3. The molecule has 0 aliphatic rings. The smallest absolute Gasteiger partial charge is 0.345 e. The maximum Gasteiger partial charge on any atom is 0.345 e. The molecule has 0 aliphatic carbocycles. The van der Waals surface area contributed by atoms with Crippen molar-refractivity contribution in [1.29, 1.82) is 0 Å². The van der Waals surface area contributed by atoms with Crippen LogP contribution in [0, 0.1) is 0 Å². The number of benzene rings is 4. The average Bonchev–Trinajstić information content (AvgIpc) is 2.80. The molecule has 0 bridgehead atoms. The second-order valence-electron chi connectivity index (χ2n) is 7.42. The SMILES string of the molecule is CC(=Nc1cc(-c2ccccc2)ccc1O)c1cc2ccc3ccccc3c2oc1=O. The third-order valence-electron chi connectivity index (χ3n) is 5.39. The molecule has 1 heterocycles. The number of rotatable bonds is 3. The Balaban J connectivity index is 1.61. The van der Waals surface area contributed by atoms with Gasteiger partial charge in [0.05, 0.1) is 11.3 Å². The first-order valence-corrected chi connectivity index (χ1v) is 10.00. The Kier molecular flexibility index (Phi) is 4.60. The second-order valence-corrected chi connectivity index (χ2v) is 7.42. The molecule has 0 atom stereocenters. The highest BCUT2D eigenvalue weighted by atomic mass is 16.4. The molecule has 1 aromatic heterocycles. The van der Waals surface area contributed by atoms with Crippen LogP contribution in [-0.2, 0) is 0 Å². The third kappa shape index (κ3) is 3.49. The Bertz CT molecular complexity index is 1510. The van der Waals surface area contributed by atoms with E-state index in [0.717, 1.165) is 27.3 Å². The van der Waals surface area contributed by atoms with Crippen molar-refractivity contribution < 1.29 is 9.52 Å². The van der Waals surface area contributed by atoms with Gasteiger partial charge in [0.15, 0.2) is 0 Å². The van der Waals surface area contributed by atoms with E-state index in [1.54, 1.807) is 19.1 Å². The fourth-order valence-corrected chi connectivity index (χ4v) is 3.77. The van der Waals surface area contributed by atoms with E-state index in [2.05, 4.69) is 4.99 Å². The monoisotopic (exact) mass is 405 g/mol. The molecule has 0 saturated heterocycles. The molecule has 31 heavy (non-hydrogen) atoms. The lowest BCUT2D eigenvalue weighted by atomic mass is 10.0. The van der Waals surface area contributed by atoms with Crippen LogP contribution in [-0.4, -0.2) is 10.8 Å². The first kappa shape index (κ1) is 18.8. The Morgan fingerprint density at radius 2 is 1.55 bits per heavy atom. The van der Waals surface area contributed by atoms with Crippen LogP contribution in [0.25, 0.3) is 32.9 Å². The summed E-state index contributed by atoms with van der Waals surface area (Å²) >= 11 is 0. The molecule has 0 aliphatic heterocycles. The highest BCUT2D eigenvalue weighted by Crippen LogP contribution is 2.32. The molecule has 5 aromatic rings. The van der Waals surface area contributed by atoms with Crippen molar-refractivity contribution in [3.63, 3.8) is 0 Å². The van der Waals surface area contributed by atoms with Crippen molar-refractivity contribution in [2.45, 2.75) is 6.92 Å². The minimum absolute atomic E-state index is 0.0511. The Morgan fingerprint density at radius 1 is 0.806 bits per heavy atom. The molecule has 0 spiro atoms. The van der Waals surface area contributed by atoms with Crippen molar-refractivity contribution in [2.75, 3.05) is 0 Å². The first-order valence-electron chi connectivity index (χ1n) is 10.00. The van der Waals surface area contributed by atoms with E-state index >= 15 is 0 Å². The van der Waals surface area contributed by atoms with Gasteiger partial charge < -0.3 is 9.52 Å². The molecule has 4 nitrogen and oxygen atoms in total. The van der Waals surface area contributed by atoms with E-state index in [1.165, 1.54) is 0 Å². The quantitative estimate of drug-likeness (QED) is 0.213. The van der Waals surface area contributed by atoms with Crippen molar-refractivity contribution in [3.8, 4) is 16.9 Å². The van der Waals surface area contributed by atoms with Gasteiger partial charge in [-0.05, 0) is 41.6 Å². The van der Waals surface area contributed by atoms with Gasteiger partial charge in [-0.2, -0.15) is 0 Å². The summed E-state index contributed by atoms with van der Waals surface area (Å²) in [5.74, 6) is 0.0511. The van der Waals surface area contributed by atoms with Crippen LogP contribution in [0.1, 0.15) is 12.5 Å². The number of hydrogen-bond donors (Lipinski definition) is 1. The van der Waals surface area contributed by atoms with Gasteiger partial charge in [-0.25, -0.2) is 9.79 Å². The number of fused-ring (bicyclic) bond motifs is 3. The Labute approximate surface area is 178 Å². The van der Waals surface area contributed by atoms with Gasteiger partial charge in [0, 0.05) is 10.8 Å². The van der Waals surface area contributed by atoms with Crippen LogP contribution in [0.3, 0.4) is 0 Å². The highest BCUT2D eigenvalue weighted by Gasteiger charge is 2.12. The predicted octanol–water partition coefficient (Wildman–Crippen LogP) is 6.46. The molecule has 4 aromatic carbocycles. The molecule has 0 unspecified atom stereocenters. The molecule has 0 radical (unpaired) electrons. The van der Waals surface area contributed by atoms with Gasteiger partial charge in [0.1, 0.15) is 17.0 Å². The minimum Gasteiger partial charge on any atom is -0.506 e. The Morgan fingerprint density at radius 3 is 2.39 bits per heavy atom. The predicted molar refractivity (Wildman–Crippen MR) is 125 cm³/mol. The summed E-state index contributed by atoms with van der Waals surface area (Å²) in [5, 5.41) is 13.1. The summed E-state index contributed by atoms with van der Waals surface area (Å²) in [6.45, 7) is 1.74. The van der Waals surface area contributed by atoms with Gasteiger partial charge in [-0.1, -0.05) is 72.8 Å². The third-order valence-corrected chi connectivity index (χ3v) is 5.39. The van der Waals surface area contributed by atoms with Crippen molar-refractivity contribution in [1.82, 2.24) is 0 Å². The van der Waals surface area contributed by atoms with Crippen LogP contribution in [0.15, 0.2) is 105 Å². The number of phenolic OH excluding ortho intramolecular Hbond substituents is 1. The zero-order valence-electron chi connectivity index (χ0n) is 16.9. The van der Waals surface area contributed by atoms with E-state index in [1.807, 2.05) is 78.9 Å². The zero-order chi connectivity index (χ0) is 21.4. The van der Waals surface area contributed by atoms with E-state index < -0.39 is 5.63 Å². The van der Waals surface area contributed by atoms with Crippen LogP contribution in [0.4, 0.5) is 5.69 Å². The molecule has 0 amide bonds. The number of aromatic hydroxyl groups is 1. The topological polar surface area (TPSA) is 62.8 Å².